The van der Waals surface area contributed by atoms with E-state index in [1.165, 1.54) is 19.1 Å². The molecule has 0 aliphatic carbocycles. The molecule has 20 heavy (non-hydrogen) atoms. The Morgan fingerprint density at radius 3 is 2.45 bits per heavy atom. The molecule has 7 nitrogen and oxygen atoms in total. The molecule has 0 bridgehead atoms. The maximum absolute atomic E-state index is 11.3. The number of piperazine rings is 1. The van der Waals surface area contributed by atoms with Crippen molar-refractivity contribution in [1.82, 2.24) is 4.90 Å². The van der Waals surface area contributed by atoms with Crippen LogP contribution in [-0.2, 0) is 4.79 Å². The molecular weight excluding hydrogens is 284 g/mol. The lowest BCUT2D eigenvalue weighted by Crippen LogP contribution is -2.48. The molecule has 1 heterocycles. The Balaban J connectivity index is 2.20. The normalized spacial score (nSPS) is 15.3. The van der Waals surface area contributed by atoms with Crippen molar-refractivity contribution in [1.29, 1.82) is 0 Å². The highest BCUT2D eigenvalue weighted by Crippen LogP contribution is 2.35. The summed E-state index contributed by atoms with van der Waals surface area (Å²) >= 11 is 6.10. The van der Waals surface area contributed by atoms with Crippen LogP contribution in [0.4, 0.5) is 17.1 Å². The van der Waals surface area contributed by atoms with Crippen LogP contribution >= 0.6 is 11.6 Å². The molecule has 1 amide bonds. The summed E-state index contributed by atoms with van der Waals surface area (Å²) in [6, 6.07) is 2.79. The summed E-state index contributed by atoms with van der Waals surface area (Å²) in [5.74, 6) is 0.0407. The van der Waals surface area contributed by atoms with Crippen LogP contribution in [0.2, 0.25) is 5.02 Å². The molecule has 0 aromatic heterocycles. The van der Waals surface area contributed by atoms with Crippen molar-refractivity contribution in [3.8, 4) is 0 Å². The maximum atomic E-state index is 11.3. The molecule has 1 aliphatic rings. The Morgan fingerprint density at radius 1 is 1.35 bits per heavy atom. The molecule has 1 aromatic carbocycles. The summed E-state index contributed by atoms with van der Waals surface area (Å²) in [6.45, 7) is 3.98. The monoisotopic (exact) mass is 298 g/mol. The lowest BCUT2D eigenvalue weighted by Gasteiger charge is -2.36. The maximum Gasteiger partial charge on any atom is 0.293 e. The number of amides is 1. The third-order valence-electron chi connectivity index (χ3n) is 3.36. The quantitative estimate of drug-likeness (QED) is 0.507. The minimum absolute atomic E-state index is 0.0407. The molecule has 8 heteroatoms. The molecule has 0 unspecified atom stereocenters. The second-order valence-corrected chi connectivity index (χ2v) is 5.02. The minimum Gasteiger partial charge on any atom is -0.393 e. The topological polar surface area (TPSA) is 92.7 Å². The molecular formula is C12H15ClN4O3. The molecule has 108 valence electrons. The first-order valence-corrected chi connectivity index (χ1v) is 6.52. The van der Waals surface area contributed by atoms with Crippen molar-refractivity contribution in [3.05, 3.63) is 27.3 Å². The highest BCUT2D eigenvalue weighted by atomic mass is 35.5. The van der Waals surface area contributed by atoms with Gasteiger partial charge in [-0.05, 0) is 6.07 Å². The van der Waals surface area contributed by atoms with Crippen molar-refractivity contribution in [2.24, 2.45) is 0 Å². The molecule has 1 aromatic rings. The average molecular weight is 299 g/mol. The fourth-order valence-corrected chi connectivity index (χ4v) is 2.51. The summed E-state index contributed by atoms with van der Waals surface area (Å²) in [4.78, 5) is 25.2. The fraction of sp³-hybridized carbons (Fsp3) is 0.417. The first kappa shape index (κ1) is 14.4. The Kier molecular flexibility index (Phi) is 3.99. The number of nitrogens with two attached hydrogens (primary N) is 1. The zero-order valence-corrected chi connectivity index (χ0v) is 11.8. The largest absolute Gasteiger partial charge is 0.393 e. The van der Waals surface area contributed by atoms with E-state index < -0.39 is 4.92 Å². The van der Waals surface area contributed by atoms with Gasteiger partial charge in [-0.25, -0.2) is 0 Å². The number of anilines is 2. The van der Waals surface area contributed by atoms with Crippen LogP contribution in [0.3, 0.4) is 0 Å². The number of nitrogen functional groups attached to an aromatic ring is 1. The van der Waals surface area contributed by atoms with Crippen LogP contribution in [-0.4, -0.2) is 41.9 Å². The summed E-state index contributed by atoms with van der Waals surface area (Å²) in [6.07, 6.45) is 0. The van der Waals surface area contributed by atoms with E-state index >= 15 is 0 Å². The SMILES string of the molecule is CC(=O)N1CCN(c2cc(N)c([N+](=O)[O-])cc2Cl)CC1. The predicted molar refractivity (Wildman–Crippen MR) is 77.0 cm³/mol. The van der Waals surface area contributed by atoms with Gasteiger partial charge in [0, 0.05) is 39.2 Å². The van der Waals surface area contributed by atoms with Gasteiger partial charge in [0.1, 0.15) is 5.69 Å². The molecule has 1 fully saturated rings. The number of hydrogen-bond donors (Lipinski definition) is 1. The molecule has 1 saturated heterocycles. The lowest BCUT2D eigenvalue weighted by molar-refractivity contribution is -0.383. The number of nitro benzene ring substituents is 1. The number of benzene rings is 1. The van der Waals surface area contributed by atoms with E-state index in [4.69, 9.17) is 17.3 Å². The molecule has 2 rings (SSSR count). The van der Waals surface area contributed by atoms with Crippen molar-refractivity contribution in [2.75, 3.05) is 36.8 Å². The van der Waals surface area contributed by atoms with E-state index in [1.54, 1.807) is 4.90 Å². The van der Waals surface area contributed by atoms with Gasteiger partial charge in [0.2, 0.25) is 5.91 Å². The molecule has 2 N–H and O–H groups in total. The molecule has 1 aliphatic heterocycles. The predicted octanol–water partition coefficient (Wildman–Crippen LogP) is 1.50. The minimum atomic E-state index is -0.557. The number of nitrogens with zero attached hydrogens (tertiary/aromatic N) is 3. The fourth-order valence-electron chi connectivity index (χ4n) is 2.23. The first-order chi connectivity index (χ1) is 9.40. The molecule has 0 radical (unpaired) electrons. The van der Waals surface area contributed by atoms with Crippen molar-refractivity contribution in [3.63, 3.8) is 0 Å². The highest BCUT2D eigenvalue weighted by Gasteiger charge is 2.23. The Bertz CT molecular complexity index is 556. The van der Waals surface area contributed by atoms with E-state index in [1.807, 2.05) is 4.90 Å². The number of carbonyl (C=O) groups excluding carboxylic acids is 1. The summed E-state index contributed by atoms with van der Waals surface area (Å²) in [5.41, 5.74) is 6.24. The van der Waals surface area contributed by atoms with Gasteiger partial charge < -0.3 is 15.5 Å². The number of nitro groups is 1. The van der Waals surface area contributed by atoms with Crippen LogP contribution < -0.4 is 10.6 Å². The summed E-state index contributed by atoms with van der Waals surface area (Å²) in [5, 5.41) is 11.1. The van der Waals surface area contributed by atoms with Crippen LogP contribution in [0, 0.1) is 10.1 Å². The second-order valence-electron chi connectivity index (χ2n) is 4.61. The Morgan fingerprint density at radius 2 is 1.95 bits per heavy atom. The summed E-state index contributed by atoms with van der Waals surface area (Å²) < 4.78 is 0. The first-order valence-electron chi connectivity index (χ1n) is 6.14. The van der Waals surface area contributed by atoms with E-state index in [-0.39, 0.29) is 17.3 Å². The van der Waals surface area contributed by atoms with Crippen LogP contribution in [0.15, 0.2) is 12.1 Å². The molecule has 0 saturated carbocycles. The standard InChI is InChI=1S/C12H15ClN4O3/c1-8(18)15-2-4-16(5-3-15)11-7-10(14)12(17(19)20)6-9(11)13/h6-7H,2-5,14H2,1H3. The smallest absolute Gasteiger partial charge is 0.293 e. The van der Waals surface area contributed by atoms with E-state index in [0.29, 0.717) is 36.9 Å². The van der Waals surface area contributed by atoms with Gasteiger partial charge in [0.15, 0.2) is 0 Å². The van der Waals surface area contributed by atoms with Crippen LogP contribution in [0.5, 0.6) is 0 Å². The van der Waals surface area contributed by atoms with Gasteiger partial charge in [-0.1, -0.05) is 11.6 Å². The average Bonchev–Trinajstić information content (AvgIpc) is 2.40. The Hall–Kier alpha value is -2.02. The number of hydrogen-bond acceptors (Lipinski definition) is 5. The van der Waals surface area contributed by atoms with E-state index in [2.05, 4.69) is 0 Å². The van der Waals surface area contributed by atoms with E-state index in [9.17, 15) is 14.9 Å². The number of halogens is 1. The van der Waals surface area contributed by atoms with E-state index in [0.717, 1.165) is 0 Å². The summed E-state index contributed by atoms with van der Waals surface area (Å²) in [7, 11) is 0. The zero-order chi connectivity index (χ0) is 14.9. The Labute approximate surface area is 121 Å². The van der Waals surface area contributed by atoms with Crippen molar-refractivity contribution in [2.45, 2.75) is 6.92 Å². The van der Waals surface area contributed by atoms with Gasteiger partial charge >= 0.3 is 0 Å². The van der Waals surface area contributed by atoms with Gasteiger partial charge in [-0.15, -0.1) is 0 Å². The second kappa shape index (κ2) is 5.54. The van der Waals surface area contributed by atoms with Gasteiger partial charge in [0.05, 0.1) is 15.6 Å². The van der Waals surface area contributed by atoms with Crippen molar-refractivity contribution >= 4 is 34.6 Å². The third-order valence-corrected chi connectivity index (χ3v) is 3.66. The van der Waals surface area contributed by atoms with Gasteiger partial charge in [0.25, 0.3) is 5.69 Å². The lowest BCUT2D eigenvalue weighted by atomic mass is 10.2. The van der Waals surface area contributed by atoms with Crippen molar-refractivity contribution < 1.29 is 9.72 Å². The number of rotatable bonds is 2. The van der Waals surface area contributed by atoms with Crippen LogP contribution in [0.1, 0.15) is 6.92 Å². The van der Waals surface area contributed by atoms with Gasteiger partial charge in [-0.3, -0.25) is 14.9 Å². The number of carbonyl (C=O) groups is 1. The van der Waals surface area contributed by atoms with Gasteiger partial charge in [-0.2, -0.15) is 0 Å². The third kappa shape index (κ3) is 2.77. The molecule has 0 spiro atoms. The zero-order valence-electron chi connectivity index (χ0n) is 11.0. The highest BCUT2D eigenvalue weighted by molar-refractivity contribution is 6.33. The van der Waals surface area contributed by atoms with Crippen LogP contribution in [0.25, 0.3) is 0 Å². The molecule has 0 atom stereocenters.